The minimum absolute atomic E-state index is 0.0639. The third-order valence-electron chi connectivity index (χ3n) is 7.48. The summed E-state index contributed by atoms with van der Waals surface area (Å²) in [5.41, 5.74) is 11.5. The van der Waals surface area contributed by atoms with Crippen molar-refractivity contribution >= 4 is 28.4 Å². The largest absolute Gasteiger partial charge is 0.488 e. The number of hydrogen-bond donors (Lipinski definition) is 2. The molecule has 37 heavy (non-hydrogen) atoms. The fourth-order valence-corrected chi connectivity index (χ4v) is 5.42. The predicted octanol–water partition coefficient (Wildman–Crippen LogP) is 4.37. The lowest BCUT2D eigenvalue weighted by Gasteiger charge is -2.44. The van der Waals surface area contributed by atoms with Gasteiger partial charge in [0.1, 0.15) is 23.6 Å². The number of nitrogens with one attached hydrogen (secondary N) is 1. The summed E-state index contributed by atoms with van der Waals surface area (Å²) >= 11 is 0. The van der Waals surface area contributed by atoms with Crippen LogP contribution in [-0.4, -0.2) is 53.1 Å². The minimum Gasteiger partial charge on any atom is -0.488 e. The van der Waals surface area contributed by atoms with E-state index in [0.29, 0.717) is 17.0 Å². The van der Waals surface area contributed by atoms with Gasteiger partial charge in [0.2, 0.25) is 0 Å². The lowest BCUT2D eigenvalue weighted by atomic mass is 10.0. The van der Waals surface area contributed by atoms with Crippen LogP contribution in [0.25, 0.3) is 11.0 Å². The molecule has 0 radical (unpaired) electrons. The molecule has 2 aromatic carbocycles. The number of carbonyl (C=O) groups excluding carboxylic acids is 1. The average Bonchev–Trinajstić information content (AvgIpc) is 3.51. The number of hydrogen-bond acceptors (Lipinski definition) is 7. The lowest BCUT2D eigenvalue weighted by molar-refractivity contribution is 0.0595. The molecule has 8 heteroatoms. The molecule has 0 amide bonds. The molecule has 190 valence electrons. The van der Waals surface area contributed by atoms with Crippen LogP contribution in [0, 0.1) is 0 Å². The van der Waals surface area contributed by atoms with Crippen LogP contribution < -0.4 is 15.4 Å². The Morgan fingerprint density at radius 3 is 2.73 bits per heavy atom. The van der Waals surface area contributed by atoms with Crippen molar-refractivity contribution in [3.8, 4) is 5.75 Å². The van der Waals surface area contributed by atoms with Gasteiger partial charge in [0.15, 0.2) is 0 Å². The molecule has 0 atom stereocenters. The number of esters is 1. The molecular formula is C29H31N5O3. The molecule has 1 spiro atoms. The van der Waals surface area contributed by atoms with E-state index in [1.807, 2.05) is 24.4 Å². The molecule has 8 nitrogen and oxygen atoms in total. The number of piperazine rings is 1. The van der Waals surface area contributed by atoms with Crippen molar-refractivity contribution in [3.63, 3.8) is 0 Å². The molecule has 2 aliphatic rings. The molecule has 4 aromatic rings. The van der Waals surface area contributed by atoms with Crippen LogP contribution in [0.1, 0.15) is 34.3 Å². The maximum Gasteiger partial charge on any atom is 0.341 e. The zero-order valence-corrected chi connectivity index (χ0v) is 20.9. The molecule has 0 bridgehead atoms. The summed E-state index contributed by atoms with van der Waals surface area (Å²) in [6.45, 7) is 4.01. The number of nitrogens with zero attached hydrogens (tertiary/aromatic N) is 3. The van der Waals surface area contributed by atoms with Crippen molar-refractivity contribution < 1.29 is 14.3 Å². The molecule has 3 N–H and O–H groups in total. The molecular weight excluding hydrogens is 466 g/mol. The monoisotopic (exact) mass is 497 g/mol. The van der Waals surface area contributed by atoms with Gasteiger partial charge in [-0.3, -0.25) is 4.90 Å². The van der Waals surface area contributed by atoms with Gasteiger partial charge in [-0.2, -0.15) is 0 Å². The summed E-state index contributed by atoms with van der Waals surface area (Å²) in [5, 5.41) is 1.01. The number of nitrogen functional groups attached to an aromatic ring is 1. The van der Waals surface area contributed by atoms with Gasteiger partial charge >= 0.3 is 5.97 Å². The standard InChI is InChI=1S/C29H31N5O3/c1-36-28(35)23-14-24(30)25(15-26(23)37-18-21-13-22-7-10-31-27(22)32-16-21)34-12-11-33(19-29(34)8-9-29)17-20-5-3-2-4-6-20/h2-7,10,13-16H,8-9,11-12,17-19,30H2,1H3,(H,31,32). The van der Waals surface area contributed by atoms with Gasteiger partial charge in [-0.15, -0.1) is 0 Å². The van der Waals surface area contributed by atoms with E-state index in [0.717, 1.165) is 61.3 Å². The molecule has 2 fully saturated rings. The van der Waals surface area contributed by atoms with Gasteiger partial charge in [0.05, 0.1) is 24.0 Å². The van der Waals surface area contributed by atoms with Crippen LogP contribution in [0.4, 0.5) is 11.4 Å². The first-order valence-corrected chi connectivity index (χ1v) is 12.7. The van der Waals surface area contributed by atoms with Crippen LogP contribution in [0.5, 0.6) is 5.75 Å². The van der Waals surface area contributed by atoms with Crippen molar-refractivity contribution in [2.45, 2.75) is 31.5 Å². The van der Waals surface area contributed by atoms with E-state index in [1.54, 1.807) is 12.3 Å². The number of rotatable bonds is 7. The Morgan fingerprint density at radius 2 is 1.95 bits per heavy atom. The minimum atomic E-state index is -0.471. The Hall–Kier alpha value is -4.04. The summed E-state index contributed by atoms with van der Waals surface area (Å²) in [7, 11) is 1.37. The Morgan fingerprint density at radius 1 is 1.11 bits per heavy atom. The van der Waals surface area contributed by atoms with E-state index in [2.05, 4.69) is 50.1 Å². The number of pyridine rings is 1. The van der Waals surface area contributed by atoms with Crippen molar-refractivity contribution in [3.05, 3.63) is 83.7 Å². The Balaban J connectivity index is 1.25. The molecule has 1 aliphatic heterocycles. The van der Waals surface area contributed by atoms with Gasteiger partial charge < -0.3 is 25.1 Å². The van der Waals surface area contributed by atoms with Gasteiger partial charge in [-0.1, -0.05) is 30.3 Å². The normalized spacial score (nSPS) is 16.7. The molecule has 3 heterocycles. The van der Waals surface area contributed by atoms with Gasteiger partial charge in [-0.05, 0) is 36.6 Å². The highest BCUT2D eigenvalue weighted by Crippen LogP contribution is 2.49. The average molecular weight is 498 g/mol. The highest BCUT2D eigenvalue weighted by Gasteiger charge is 2.51. The quantitative estimate of drug-likeness (QED) is 0.289. The Labute approximate surface area is 216 Å². The van der Waals surface area contributed by atoms with E-state index in [4.69, 9.17) is 15.2 Å². The van der Waals surface area contributed by atoms with Crippen LogP contribution in [-0.2, 0) is 17.9 Å². The smallest absolute Gasteiger partial charge is 0.341 e. The molecule has 1 saturated heterocycles. The van der Waals surface area contributed by atoms with Crippen molar-refractivity contribution in [2.75, 3.05) is 37.4 Å². The van der Waals surface area contributed by atoms with E-state index in [1.165, 1.54) is 12.7 Å². The Kier molecular flexibility index (Phi) is 5.96. The number of carbonyl (C=O) groups is 1. The molecule has 6 rings (SSSR count). The number of benzene rings is 2. The number of aromatic nitrogens is 2. The first kappa shape index (κ1) is 23.4. The first-order chi connectivity index (χ1) is 18.0. The zero-order valence-electron chi connectivity index (χ0n) is 20.9. The maximum absolute atomic E-state index is 12.6. The van der Waals surface area contributed by atoms with E-state index in [9.17, 15) is 4.79 Å². The van der Waals surface area contributed by atoms with Crippen molar-refractivity contribution in [1.82, 2.24) is 14.9 Å². The third-order valence-corrected chi connectivity index (χ3v) is 7.48. The van der Waals surface area contributed by atoms with Crippen LogP contribution >= 0.6 is 0 Å². The molecule has 2 aromatic heterocycles. The number of H-pyrrole nitrogens is 1. The second kappa shape index (κ2) is 9.44. The summed E-state index contributed by atoms with van der Waals surface area (Å²) < 4.78 is 11.2. The fourth-order valence-electron chi connectivity index (χ4n) is 5.42. The molecule has 1 aliphatic carbocycles. The van der Waals surface area contributed by atoms with E-state index < -0.39 is 5.97 Å². The number of ether oxygens (including phenoxy) is 2. The SMILES string of the molecule is COC(=O)c1cc(N)c(N2CCN(Cc3ccccc3)CC23CC3)cc1OCc1cnc2[nH]ccc2c1. The van der Waals surface area contributed by atoms with Crippen LogP contribution in [0.15, 0.2) is 67.0 Å². The number of anilines is 2. The molecule has 0 unspecified atom stereocenters. The van der Waals surface area contributed by atoms with Crippen LogP contribution in [0.3, 0.4) is 0 Å². The van der Waals surface area contributed by atoms with Crippen LogP contribution in [0.2, 0.25) is 0 Å². The van der Waals surface area contributed by atoms with Crippen molar-refractivity contribution in [1.29, 1.82) is 0 Å². The van der Waals surface area contributed by atoms with E-state index in [-0.39, 0.29) is 12.1 Å². The second-order valence-electron chi connectivity index (χ2n) is 10.0. The number of methoxy groups -OCH3 is 1. The number of fused-ring (bicyclic) bond motifs is 1. The topological polar surface area (TPSA) is 96.7 Å². The first-order valence-electron chi connectivity index (χ1n) is 12.7. The number of aromatic amines is 1. The third kappa shape index (κ3) is 4.60. The lowest BCUT2D eigenvalue weighted by Crippen LogP contribution is -2.55. The van der Waals surface area contributed by atoms with Gasteiger partial charge in [0, 0.05) is 55.6 Å². The predicted molar refractivity (Wildman–Crippen MR) is 144 cm³/mol. The highest BCUT2D eigenvalue weighted by molar-refractivity contribution is 5.95. The summed E-state index contributed by atoms with van der Waals surface area (Å²) in [4.78, 5) is 25.1. The van der Waals surface area contributed by atoms with Gasteiger partial charge in [0.25, 0.3) is 0 Å². The number of nitrogens with two attached hydrogens (primary N) is 1. The zero-order chi connectivity index (χ0) is 25.4. The highest BCUT2D eigenvalue weighted by atomic mass is 16.5. The molecule has 1 saturated carbocycles. The summed E-state index contributed by atoms with van der Waals surface area (Å²) in [6, 6.07) is 18.2. The maximum atomic E-state index is 12.6. The second-order valence-corrected chi connectivity index (χ2v) is 10.0. The van der Waals surface area contributed by atoms with Crippen molar-refractivity contribution in [2.24, 2.45) is 0 Å². The Bertz CT molecular complexity index is 1430. The summed E-state index contributed by atoms with van der Waals surface area (Å²) in [6.07, 6.45) is 5.88. The van der Waals surface area contributed by atoms with Gasteiger partial charge in [-0.25, -0.2) is 9.78 Å². The van der Waals surface area contributed by atoms with E-state index >= 15 is 0 Å². The fraction of sp³-hybridized carbons (Fsp3) is 0.310. The summed E-state index contributed by atoms with van der Waals surface area (Å²) in [5.74, 6) is -0.00555.